The van der Waals surface area contributed by atoms with E-state index in [4.69, 9.17) is 4.74 Å². The second kappa shape index (κ2) is 3.39. The zero-order chi connectivity index (χ0) is 10.4. The molecule has 4 aliphatic rings. The molecule has 0 atom stereocenters. The van der Waals surface area contributed by atoms with Gasteiger partial charge >= 0.3 is 6.09 Å². The van der Waals surface area contributed by atoms with Crippen LogP contribution in [0.2, 0.25) is 0 Å². The summed E-state index contributed by atoms with van der Waals surface area (Å²) in [4.78, 5) is 11.3. The topological polar surface area (TPSA) is 38.3 Å². The molecule has 0 unspecified atom stereocenters. The summed E-state index contributed by atoms with van der Waals surface area (Å²) in [7, 11) is 1.45. The van der Waals surface area contributed by atoms with E-state index in [1.807, 2.05) is 0 Å². The van der Waals surface area contributed by atoms with E-state index in [1.54, 1.807) is 0 Å². The molecule has 4 bridgehead atoms. The van der Waals surface area contributed by atoms with Gasteiger partial charge in [-0.05, 0) is 55.8 Å². The van der Waals surface area contributed by atoms with E-state index in [0.29, 0.717) is 6.04 Å². The van der Waals surface area contributed by atoms with E-state index >= 15 is 0 Å². The maximum absolute atomic E-state index is 11.3. The van der Waals surface area contributed by atoms with Crippen LogP contribution in [0.25, 0.3) is 0 Å². The van der Waals surface area contributed by atoms with Crippen LogP contribution in [0.3, 0.4) is 0 Å². The van der Waals surface area contributed by atoms with Crippen LogP contribution in [0.4, 0.5) is 4.79 Å². The van der Waals surface area contributed by atoms with Crippen molar-refractivity contribution in [3.8, 4) is 0 Å². The van der Waals surface area contributed by atoms with Gasteiger partial charge in [0.25, 0.3) is 0 Å². The zero-order valence-electron chi connectivity index (χ0n) is 9.24. The molecule has 4 saturated carbocycles. The highest BCUT2D eigenvalue weighted by Crippen LogP contribution is 2.53. The highest BCUT2D eigenvalue weighted by molar-refractivity contribution is 5.67. The maximum atomic E-state index is 11.3. The Morgan fingerprint density at radius 1 is 1.07 bits per heavy atom. The first kappa shape index (κ1) is 9.49. The molecule has 1 N–H and O–H groups in total. The van der Waals surface area contributed by atoms with Gasteiger partial charge in [0.05, 0.1) is 7.11 Å². The number of nitrogens with one attached hydrogen (secondary N) is 1. The van der Waals surface area contributed by atoms with Gasteiger partial charge in [-0.3, -0.25) is 0 Å². The van der Waals surface area contributed by atoms with E-state index in [1.165, 1.54) is 39.2 Å². The first-order valence-electron chi connectivity index (χ1n) is 6.10. The van der Waals surface area contributed by atoms with Crippen molar-refractivity contribution in [3.63, 3.8) is 0 Å². The summed E-state index contributed by atoms with van der Waals surface area (Å²) >= 11 is 0. The number of ether oxygens (including phenoxy) is 1. The molecule has 0 heterocycles. The van der Waals surface area contributed by atoms with Gasteiger partial charge in [-0.25, -0.2) is 4.79 Å². The molecule has 0 aromatic carbocycles. The van der Waals surface area contributed by atoms with Gasteiger partial charge in [0.15, 0.2) is 0 Å². The summed E-state index contributed by atoms with van der Waals surface area (Å²) in [5.41, 5.74) is 0. The summed E-state index contributed by atoms with van der Waals surface area (Å²) in [5.74, 6) is 3.40. The summed E-state index contributed by atoms with van der Waals surface area (Å²) in [5, 5.41) is 3.05. The third-order valence-corrected chi connectivity index (χ3v) is 4.70. The lowest BCUT2D eigenvalue weighted by molar-refractivity contribution is -0.0126. The van der Waals surface area contributed by atoms with Crippen molar-refractivity contribution in [1.82, 2.24) is 5.32 Å². The maximum Gasteiger partial charge on any atom is 0.407 e. The minimum atomic E-state index is -0.243. The summed E-state index contributed by atoms with van der Waals surface area (Å²) in [6.07, 6.45) is 6.55. The monoisotopic (exact) mass is 209 g/mol. The molecule has 0 aromatic heterocycles. The quantitative estimate of drug-likeness (QED) is 0.718. The molecule has 4 rings (SSSR count). The number of alkyl carbamates (subject to hydrolysis) is 1. The lowest BCUT2D eigenvalue weighted by Gasteiger charge is -2.54. The smallest absolute Gasteiger partial charge is 0.407 e. The van der Waals surface area contributed by atoms with E-state index in [9.17, 15) is 4.79 Å². The Hall–Kier alpha value is -0.730. The molecular formula is C12H19NO2. The average Bonchev–Trinajstić information content (AvgIpc) is 2.22. The van der Waals surface area contributed by atoms with Gasteiger partial charge in [0.1, 0.15) is 0 Å². The summed E-state index contributed by atoms with van der Waals surface area (Å²) in [6.45, 7) is 0. The number of carbonyl (C=O) groups excluding carboxylic acids is 1. The van der Waals surface area contributed by atoms with Crippen molar-refractivity contribution in [2.45, 2.75) is 38.1 Å². The fraction of sp³-hybridized carbons (Fsp3) is 0.917. The molecular weight excluding hydrogens is 190 g/mol. The number of amides is 1. The Kier molecular flexibility index (Phi) is 2.15. The van der Waals surface area contributed by atoms with Crippen molar-refractivity contribution < 1.29 is 9.53 Å². The molecule has 1 amide bonds. The molecule has 4 aliphatic carbocycles. The van der Waals surface area contributed by atoms with Crippen LogP contribution < -0.4 is 5.32 Å². The van der Waals surface area contributed by atoms with E-state index < -0.39 is 0 Å². The second-order valence-corrected chi connectivity index (χ2v) is 5.59. The van der Waals surface area contributed by atoms with Crippen LogP contribution >= 0.6 is 0 Å². The number of methoxy groups -OCH3 is 1. The minimum Gasteiger partial charge on any atom is -0.453 e. The normalized spacial score (nSPS) is 46.6. The van der Waals surface area contributed by atoms with Crippen molar-refractivity contribution >= 4 is 6.09 Å². The molecule has 15 heavy (non-hydrogen) atoms. The Morgan fingerprint density at radius 3 is 2.07 bits per heavy atom. The SMILES string of the molecule is COC(=O)NC1C2CC3CC(C2)CC1C3. The first-order valence-corrected chi connectivity index (χ1v) is 6.10. The standard InChI is InChI=1S/C12H19NO2/c1-15-12(14)13-11-9-3-7-2-8(5-9)6-10(11)4-7/h7-11H,2-6H2,1H3,(H,13,14). The van der Waals surface area contributed by atoms with E-state index in [2.05, 4.69) is 5.32 Å². The van der Waals surface area contributed by atoms with Crippen molar-refractivity contribution in [2.24, 2.45) is 23.7 Å². The molecule has 4 fully saturated rings. The predicted molar refractivity (Wildman–Crippen MR) is 56.4 cm³/mol. The van der Waals surface area contributed by atoms with Gasteiger partial charge in [0, 0.05) is 6.04 Å². The van der Waals surface area contributed by atoms with Crippen molar-refractivity contribution in [2.75, 3.05) is 7.11 Å². The fourth-order valence-electron chi connectivity index (χ4n) is 4.36. The van der Waals surface area contributed by atoms with Gasteiger partial charge < -0.3 is 10.1 Å². The molecule has 0 aromatic rings. The molecule has 84 valence electrons. The number of hydrogen-bond donors (Lipinski definition) is 1. The Balaban J connectivity index is 1.72. The zero-order valence-corrected chi connectivity index (χ0v) is 9.24. The fourth-order valence-corrected chi connectivity index (χ4v) is 4.36. The van der Waals surface area contributed by atoms with Gasteiger partial charge in [-0.2, -0.15) is 0 Å². The van der Waals surface area contributed by atoms with E-state index in [0.717, 1.165) is 23.7 Å². The highest BCUT2D eigenvalue weighted by atomic mass is 16.5. The van der Waals surface area contributed by atoms with Crippen LogP contribution in [0, 0.1) is 23.7 Å². The van der Waals surface area contributed by atoms with Gasteiger partial charge in [0.2, 0.25) is 0 Å². The highest BCUT2D eigenvalue weighted by Gasteiger charge is 2.48. The van der Waals surface area contributed by atoms with E-state index in [-0.39, 0.29) is 6.09 Å². The Labute approximate surface area is 90.6 Å². The Bertz CT molecular complexity index is 249. The minimum absolute atomic E-state index is 0.243. The molecule has 3 nitrogen and oxygen atoms in total. The first-order chi connectivity index (χ1) is 7.26. The molecule has 3 heteroatoms. The Morgan fingerprint density at radius 2 is 1.60 bits per heavy atom. The van der Waals surface area contributed by atoms with Gasteiger partial charge in [-0.15, -0.1) is 0 Å². The summed E-state index contributed by atoms with van der Waals surface area (Å²) < 4.78 is 4.71. The number of rotatable bonds is 1. The lowest BCUT2D eigenvalue weighted by Crippen LogP contribution is -2.55. The van der Waals surface area contributed by atoms with Crippen LogP contribution in [0.1, 0.15) is 32.1 Å². The summed E-state index contributed by atoms with van der Waals surface area (Å²) in [6, 6.07) is 0.408. The lowest BCUT2D eigenvalue weighted by atomic mass is 9.54. The number of hydrogen-bond acceptors (Lipinski definition) is 2. The molecule has 0 radical (unpaired) electrons. The van der Waals surface area contributed by atoms with Crippen molar-refractivity contribution in [1.29, 1.82) is 0 Å². The predicted octanol–water partition coefficient (Wildman–Crippen LogP) is 2.17. The van der Waals surface area contributed by atoms with Gasteiger partial charge in [-0.1, -0.05) is 0 Å². The van der Waals surface area contributed by atoms with Crippen LogP contribution in [0.5, 0.6) is 0 Å². The largest absolute Gasteiger partial charge is 0.453 e. The molecule has 0 aliphatic heterocycles. The average molecular weight is 209 g/mol. The molecule has 0 spiro atoms. The van der Waals surface area contributed by atoms with Crippen LogP contribution in [-0.4, -0.2) is 19.2 Å². The van der Waals surface area contributed by atoms with Crippen LogP contribution in [-0.2, 0) is 4.74 Å². The second-order valence-electron chi connectivity index (χ2n) is 5.59. The number of carbonyl (C=O) groups is 1. The molecule has 0 saturated heterocycles. The third-order valence-electron chi connectivity index (χ3n) is 4.70. The van der Waals surface area contributed by atoms with Crippen molar-refractivity contribution in [3.05, 3.63) is 0 Å². The third kappa shape index (κ3) is 1.52. The van der Waals surface area contributed by atoms with Crippen LogP contribution in [0.15, 0.2) is 0 Å².